The van der Waals surface area contributed by atoms with Gasteiger partial charge in [-0.05, 0) is 25.7 Å². The van der Waals surface area contributed by atoms with E-state index in [0.717, 1.165) is 89.9 Å². The molecule has 0 heterocycles. The van der Waals surface area contributed by atoms with Crippen LogP contribution < -0.4 is 178 Å². The van der Waals surface area contributed by atoms with Crippen LogP contribution in [-0.2, 0) is 55.6 Å². The third kappa shape index (κ3) is 46.0. The number of unbranched alkanes of at least 4 members (excludes halogenated alkanes) is 20. The van der Waals surface area contributed by atoms with Crippen LogP contribution in [0.4, 0.5) is 0 Å². The Labute approximate surface area is 533 Å². The maximum atomic E-state index is 12.9. The Hall–Kier alpha value is 3.62. The van der Waals surface area contributed by atoms with Crippen LogP contribution in [0.25, 0.3) is 0 Å². The van der Waals surface area contributed by atoms with Gasteiger partial charge < -0.3 is 81.8 Å². The number of aliphatic hydroxyl groups excluding tert-OH is 3. The van der Waals surface area contributed by atoms with Gasteiger partial charge in [-0.1, -0.05) is 143 Å². The number of nitrogens with one attached hydrogen (secondary N) is 1. The van der Waals surface area contributed by atoms with Crippen molar-refractivity contribution in [3.8, 4) is 0 Å². The van der Waals surface area contributed by atoms with Gasteiger partial charge in [-0.3, -0.25) is 18.9 Å². The first-order chi connectivity index (χ1) is 30.7. The molecule has 392 valence electrons. The fourth-order valence-corrected chi connectivity index (χ4v) is 9.31. The van der Waals surface area contributed by atoms with E-state index in [4.69, 9.17) is 14.0 Å². The summed E-state index contributed by atoms with van der Waals surface area (Å²) in [4.78, 5) is 94.9. The average Bonchev–Trinajstić information content (AvgIpc) is 3.22. The van der Waals surface area contributed by atoms with E-state index in [2.05, 4.69) is 25.8 Å². The predicted molar refractivity (Wildman–Crippen MR) is 233 cm³/mol. The molecule has 1 aliphatic carbocycles. The minimum atomic E-state index is -6.16. The SMILES string of the molecule is C.CCCCCCCCCCCCCCCC(=O)O[C@H](COC(=O)CCCCCCCCCCCNC(=O)CCC)COP(=O)([O-])OC1C(O)[C@@H](OP(=O)([O-])[O-])C(OP(=O)([O-])[O-])[C@@H](O)[C@H]1O.[Na+].[Na+].[Na+].[Na+].[Na+]. The van der Waals surface area contributed by atoms with Crippen LogP contribution in [0, 0.1) is 0 Å². The van der Waals surface area contributed by atoms with Crippen molar-refractivity contribution in [2.75, 3.05) is 19.8 Å². The summed E-state index contributed by atoms with van der Waals surface area (Å²) in [7, 11) is -18.0. The summed E-state index contributed by atoms with van der Waals surface area (Å²) in [5.74, 6) is -1.33. The maximum Gasteiger partial charge on any atom is 1.00 e. The van der Waals surface area contributed by atoms with Crippen molar-refractivity contribution >= 4 is 41.3 Å². The van der Waals surface area contributed by atoms with Crippen molar-refractivity contribution in [1.82, 2.24) is 5.32 Å². The van der Waals surface area contributed by atoms with Crippen LogP contribution in [0.15, 0.2) is 0 Å². The van der Waals surface area contributed by atoms with Gasteiger partial charge in [-0.25, -0.2) is 0 Å². The zero-order chi connectivity index (χ0) is 48.7. The van der Waals surface area contributed by atoms with Gasteiger partial charge in [-0.15, -0.1) is 0 Å². The van der Waals surface area contributed by atoms with E-state index in [1.807, 2.05) is 6.92 Å². The minimum Gasteiger partial charge on any atom is -0.790 e. The quantitative estimate of drug-likeness (QED) is 0.0192. The van der Waals surface area contributed by atoms with Gasteiger partial charge in [0.2, 0.25) is 5.91 Å². The topological polar surface area (TPSA) is 346 Å². The standard InChI is InChI=1S/C41H80NO20P3.CH4.5Na/c1-3-5-6-7-8-9-10-11-12-14-18-21-24-28-35(45)59-32(30-57-34(44)27-23-20-17-15-13-16-19-22-25-29-42-33(43)26-4-2)31-58-65(55,56)62-39-36(46)37(47)40(60-63(49,50)51)41(38(39)48)61-64(52,53)54;;;;;;/h32,36-41,46-48H,3-31H2,1-2H3,(H,42,43)(H,55,56)(H2,49,50,51)(H2,52,53,54);1H4;;;;;/q;;5*+1/p-5/t32-,36-,37+,38?,39?,40?,41-;;;;;;/m1....../s1. The molecular weight excluding hydrogens is 1050 g/mol. The van der Waals surface area contributed by atoms with Crippen molar-refractivity contribution in [1.29, 1.82) is 0 Å². The second kappa shape index (κ2) is 50.6. The summed E-state index contributed by atoms with van der Waals surface area (Å²) in [6, 6.07) is 0. The third-order valence-electron chi connectivity index (χ3n) is 10.8. The van der Waals surface area contributed by atoms with Crippen molar-refractivity contribution in [3.63, 3.8) is 0 Å². The van der Waals surface area contributed by atoms with Crippen molar-refractivity contribution < 1.29 is 243 Å². The molecule has 0 bridgehead atoms. The summed E-state index contributed by atoms with van der Waals surface area (Å²) in [6.45, 7) is 3.17. The Morgan fingerprint density at radius 3 is 1.30 bits per heavy atom. The molecule has 0 radical (unpaired) electrons. The number of carbonyl (C=O) groups is 3. The van der Waals surface area contributed by atoms with Gasteiger partial charge in [0.15, 0.2) is 6.10 Å². The fourth-order valence-electron chi connectivity index (χ4n) is 7.27. The molecule has 4 N–H and O–H groups in total. The fraction of sp³-hybridized carbons (Fsp3) is 0.929. The van der Waals surface area contributed by atoms with Gasteiger partial charge in [0.05, 0.1) is 22.3 Å². The molecule has 71 heavy (non-hydrogen) atoms. The van der Waals surface area contributed by atoms with Crippen molar-refractivity contribution in [3.05, 3.63) is 0 Å². The van der Waals surface area contributed by atoms with Crippen LogP contribution in [0.3, 0.4) is 0 Å². The monoisotopic (exact) mass is 1130 g/mol. The summed E-state index contributed by atoms with van der Waals surface area (Å²) < 4.78 is 63.6. The Kier molecular flexibility index (Phi) is 61.2. The third-order valence-corrected chi connectivity index (χ3v) is 12.7. The number of hydrogen-bond donors (Lipinski definition) is 4. The molecule has 0 aliphatic heterocycles. The number of amides is 1. The smallest absolute Gasteiger partial charge is 0.790 e. The molecule has 0 aromatic heterocycles. The number of carbonyl (C=O) groups excluding carboxylic acids is 3. The molecule has 1 fully saturated rings. The average molecular weight is 1130 g/mol. The Morgan fingerprint density at radius 2 is 0.873 bits per heavy atom. The van der Waals surface area contributed by atoms with E-state index in [-0.39, 0.29) is 174 Å². The second-order valence-corrected chi connectivity index (χ2v) is 20.2. The van der Waals surface area contributed by atoms with E-state index in [0.29, 0.717) is 25.8 Å². The summed E-state index contributed by atoms with van der Waals surface area (Å²) in [5.41, 5.74) is 0. The van der Waals surface area contributed by atoms with Crippen molar-refractivity contribution in [2.24, 2.45) is 0 Å². The normalized spacial score (nSPS) is 19.9. The van der Waals surface area contributed by atoms with E-state index in [1.54, 1.807) is 0 Å². The number of phosphoric ester groups is 3. The molecule has 29 heteroatoms. The van der Waals surface area contributed by atoms with Gasteiger partial charge in [-0.2, -0.15) is 0 Å². The molecule has 1 aliphatic rings. The summed E-state index contributed by atoms with van der Waals surface area (Å²) >= 11 is 0. The largest absolute Gasteiger partial charge is 1.00 e. The number of aliphatic hydroxyl groups is 3. The Bertz CT molecular complexity index is 1480. The molecule has 0 aromatic rings. The molecule has 21 nitrogen and oxygen atoms in total. The van der Waals surface area contributed by atoms with Gasteiger partial charge in [0.1, 0.15) is 43.2 Å². The zero-order valence-electron chi connectivity index (χ0n) is 43.2. The van der Waals surface area contributed by atoms with Crippen molar-refractivity contribution in [2.45, 2.75) is 231 Å². The van der Waals surface area contributed by atoms with Crippen LogP contribution in [0.1, 0.15) is 188 Å². The number of hydrogen-bond acceptors (Lipinski definition) is 20. The molecule has 1 saturated carbocycles. The Morgan fingerprint density at radius 1 is 0.493 bits per heavy atom. The second-order valence-electron chi connectivity index (χ2n) is 16.6. The summed E-state index contributed by atoms with van der Waals surface area (Å²) in [5, 5.41) is 34.4. The van der Waals surface area contributed by atoms with Gasteiger partial charge in [0, 0.05) is 25.8 Å². The molecule has 0 saturated heterocycles. The maximum absolute atomic E-state index is 12.9. The summed E-state index contributed by atoms with van der Waals surface area (Å²) in [6.07, 6.45) is 5.99. The molecule has 1 amide bonds. The predicted octanol–water partition coefficient (Wildman–Crippen LogP) is -11.2. The first-order valence-electron chi connectivity index (χ1n) is 23.4. The number of rotatable bonds is 40. The van der Waals surface area contributed by atoms with Crippen LogP contribution in [0.5, 0.6) is 0 Å². The van der Waals surface area contributed by atoms with Crippen LogP contribution >= 0.6 is 23.5 Å². The molecular formula is C42H79NNa5O20P3. The minimum absolute atomic E-state index is 0. The Balaban J connectivity index is -0.00000176. The number of phosphoric acid groups is 3. The van der Waals surface area contributed by atoms with Gasteiger partial charge in [0.25, 0.3) is 7.82 Å². The van der Waals surface area contributed by atoms with E-state index < -0.39 is 91.3 Å². The van der Waals surface area contributed by atoms with E-state index in [9.17, 15) is 67.9 Å². The van der Waals surface area contributed by atoms with Gasteiger partial charge >= 0.3 is 160 Å². The van der Waals surface area contributed by atoms with E-state index >= 15 is 0 Å². The first-order valence-corrected chi connectivity index (χ1v) is 27.8. The molecule has 1 rings (SSSR count). The van der Waals surface area contributed by atoms with Crippen LogP contribution in [0.2, 0.25) is 0 Å². The molecule has 8 atom stereocenters. The molecule has 0 spiro atoms. The number of esters is 2. The van der Waals surface area contributed by atoms with E-state index in [1.165, 1.54) is 44.9 Å². The number of ether oxygens (including phenoxy) is 2. The molecule has 0 aromatic carbocycles. The zero-order valence-corrected chi connectivity index (χ0v) is 55.9. The first kappa shape index (κ1) is 85.9. The molecule has 4 unspecified atom stereocenters. The van der Waals surface area contributed by atoms with Crippen LogP contribution in [-0.4, -0.2) is 95.7 Å².